The third-order valence-electron chi connectivity index (χ3n) is 6.01. The Morgan fingerprint density at radius 1 is 0.829 bits per heavy atom. The molecule has 0 bridgehead atoms. The van der Waals surface area contributed by atoms with Crippen LogP contribution in [0.1, 0.15) is 38.8 Å². The van der Waals surface area contributed by atoms with Crippen molar-refractivity contribution in [1.82, 2.24) is 15.1 Å². The van der Waals surface area contributed by atoms with Gasteiger partial charge in [0.15, 0.2) is 0 Å². The summed E-state index contributed by atoms with van der Waals surface area (Å²) in [6, 6.07) is 17.3. The number of amides is 1. The fraction of sp³-hybridized carbons (Fsp3) is 0.400. The Hall–Kier alpha value is -3.00. The summed E-state index contributed by atoms with van der Waals surface area (Å²) < 4.78 is 17.4. The van der Waals surface area contributed by atoms with E-state index in [0.717, 1.165) is 11.1 Å². The number of hydrogen-bond acceptors (Lipinski definition) is 8. The third kappa shape index (κ3) is 5.17. The average molecular weight is 502 g/mol. The Bertz CT molecular complexity index is 1020. The van der Waals surface area contributed by atoms with Gasteiger partial charge in [0.25, 0.3) is 0 Å². The van der Waals surface area contributed by atoms with Gasteiger partial charge >= 0.3 is 205 Å². The van der Waals surface area contributed by atoms with Crippen LogP contribution in [0.25, 0.3) is 0 Å². The molecular formula is C25H32N3O6P. The molecule has 2 fully saturated rings. The van der Waals surface area contributed by atoms with Gasteiger partial charge in [-0.25, -0.2) is 0 Å². The van der Waals surface area contributed by atoms with Crippen LogP contribution >= 0.6 is 7.59 Å². The van der Waals surface area contributed by atoms with Crippen molar-refractivity contribution in [2.45, 2.75) is 52.9 Å². The number of carbonyl (C=O) groups is 3. The van der Waals surface area contributed by atoms with Gasteiger partial charge in [-0.3, -0.25) is 0 Å². The molecule has 2 aromatic carbocycles. The van der Waals surface area contributed by atoms with E-state index in [1.165, 1.54) is 4.90 Å². The first-order valence-corrected chi connectivity index (χ1v) is 13.7. The zero-order valence-electron chi connectivity index (χ0n) is 20.3. The summed E-state index contributed by atoms with van der Waals surface area (Å²) in [5.74, 6) is -1.64. The molecule has 2 aromatic rings. The van der Waals surface area contributed by atoms with E-state index in [2.05, 4.69) is 10.2 Å². The van der Waals surface area contributed by atoms with Gasteiger partial charge in [-0.1, -0.05) is 0 Å². The molecule has 0 radical (unpaired) electrons. The summed E-state index contributed by atoms with van der Waals surface area (Å²) in [5, 5.41) is 5.99. The van der Waals surface area contributed by atoms with Crippen molar-refractivity contribution >= 4 is 25.6 Å². The number of nitrogens with zero attached hydrogens (tertiary/aromatic N) is 1. The molecule has 2 aliphatic rings. The molecular weight excluding hydrogens is 469 g/mol. The van der Waals surface area contributed by atoms with Crippen molar-refractivity contribution in [3.63, 3.8) is 0 Å². The van der Waals surface area contributed by atoms with Crippen LogP contribution in [-0.2, 0) is 36.2 Å². The molecule has 188 valence electrons. The van der Waals surface area contributed by atoms with Crippen LogP contribution in [-0.4, -0.2) is 35.0 Å². The fourth-order valence-electron chi connectivity index (χ4n) is 4.11. The topological polar surface area (TPSA) is 106 Å². The van der Waals surface area contributed by atoms with E-state index in [0.29, 0.717) is 0 Å². The molecule has 2 heterocycles. The first kappa shape index (κ1) is 25.1. The summed E-state index contributed by atoms with van der Waals surface area (Å²) in [7, 11) is -4.85. The van der Waals surface area contributed by atoms with Gasteiger partial charge in [0.05, 0.1) is 0 Å². The second-order valence-corrected chi connectivity index (χ2v) is 12.4. The first-order valence-electron chi connectivity index (χ1n) is 11.7. The molecule has 2 N–H and O–H groups in total. The first-order chi connectivity index (χ1) is 16.6. The molecule has 0 aromatic heterocycles. The van der Waals surface area contributed by atoms with Crippen LogP contribution in [0.3, 0.4) is 0 Å². The number of benzene rings is 2. The predicted octanol–water partition coefficient (Wildman–Crippen LogP) is 4.30. The van der Waals surface area contributed by atoms with Crippen molar-refractivity contribution in [3.8, 4) is 0 Å². The minimum atomic E-state index is -4.85. The quantitative estimate of drug-likeness (QED) is 0.541. The molecule has 10 heteroatoms. The van der Waals surface area contributed by atoms with E-state index in [-0.39, 0.29) is 24.9 Å². The van der Waals surface area contributed by atoms with Gasteiger partial charge < -0.3 is 0 Å². The Labute approximate surface area is 205 Å². The summed E-state index contributed by atoms with van der Waals surface area (Å²) in [6.45, 7) is 7.79. The van der Waals surface area contributed by atoms with Gasteiger partial charge in [-0.05, 0) is 0 Å². The molecule has 9 nitrogen and oxygen atoms in total. The zero-order valence-corrected chi connectivity index (χ0v) is 21.2. The predicted molar refractivity (Wildman–Crippen MR) is 131 cm³/mol. The molecule has 2 atom stereocenters. The van der Waals surface area contributed by atoms with E-state index in [1.54, 1.807) is 0 Å². The normalized spacial score (nSPS) is 23.5. The van der Waals surface area contributed by atoms with Crippen molar-refractivity contribution in [2.75, 3.05) is 0 Å². The van der Waals surface area contributed by atoms with Gasteiger partial charge in [0.2, 0.25) is 0 Å². The third-order valence-corrected chi connectivity index (χ3v) is 8.97. The Balaban J connectivity index is 1.68. The molecule has 2 unspecified atom stereocenters. The van der Waals surface area contributed by atoms with Crippen LogP contribution in [0, 0.1) is 11.8 Å². The molecule has 1 spiro atoms. The van der Waals surface area contributed by atoms with Gasteiger partial charge in [0.1, 0.15) is 0 Å². The summed E-state index contributed by atoms with van der Waals surface area (Å²) >= 11 is 0. The average Bonchev–Trinajstić information content (AvgIpc) is 3.27. The molecule has 4 rings (SSSR count). The van der Waals surface area contributed by atoms with Crippen LogP contribution in [0.5, 0.6) is 0 Å². The van der Waals surface area contributed by atoms with Crippen LogP contribution in [0.2, 0.25) is 0 Å². The SMILES string of the molecule is CC(C)C1NP2(OC(=O)N(Cc3ccccc3)Cc3ccccc3)(NC(C(C)C)C(=O)O2)OC1=O. The van der Waals surface area contributed by atoms with Crippen molar-refractivity contribution in [1.29, 1.82) is 0 Å². The summed E-state index contributed by atoms with van der Waals surface area (Å²) in [4.78, 5) is 40.8. The molecule has 2 saturated heterocycles. The van der Waals surface area contributed by atoms with E-state index in [9.17, 15) is 14.4 Å². The van der Waals surface area contributed by atoms with Crippen molar-refractivity contribution in [2.24, 2.45) is 11.8 Å². The van der Waals surface area contributed by atoms with E-state index in [4.69, 9.17) is 13.6 Å². The van der Waals surface area contributed by atoms with Gasteiger partial charge in [-0.15, -0.1) is 0 Å². The number of rotatable bonds is 7. The summed E-state index contributed by atoms with van der Waals surface area (Å²) in [5.41, 5.74) is 1.78. The van der Waals surface area contributed by atoms with E-state index in [1.807, 2.05) is 88.4 Å². The molecule has 35 heavy (non-hydrogen) atoms. The number of carbonyl (C=O) groups excluding carboxylic acids is 3. The Kier molecular flexibility index (Phi) is 6.86. The number of nitrogens with one attached hydrogen (secondary N) is 2. The molecule has 2 aliphatic heterocycles. The Morgan fingerprint density at radius 3 is 1.57 bits per heavy atom. The van der Waals surface area contributed by atoms with E-state index < -0.39 is 37.7 Å². The monoisotopic (exact) mass is 501 g/mol. The zero-order chi connectivity index (χ0) is 25.2. The molecule has 1 amide bonds. The van der Waals surface area contributed by atoms with E-state index >= 15 is 0 Å². The van der Waals surface area contributed by atoms with Crippen LogP contribution in [0.4, 0.5) is 4.79 Å². The minimum absolute atomic E-state index is 0.189. The molecule has 0 aliphatic carbocycles. The number of hydrogen-bond donors (Lipinski definition) is 2. The van der Waals surface area contributed by atoms with Crippen molar-refractivity contribution < 1.29 is 28.0 Å². The van der Waals surface area contributed by atoms with Crippen LogP contribution in [0.15, 0.2) is 60.7 Å². The van der Waals surface area contributed by atoms with Crippen molar-refractivity contribution in [3.05, 3.63) is 71.8 Å². The van der Waals surface area contributed by atoms with Gasteiger partial charge in [-0.2, -0.15) is 0 Å². The maximum atomic E-state index is 13.7. The molecule has 0 saturated carbocycles. The summed E-state index contributed by atoms with van der Waals surface area (Å²) in [6.07, 6.45) is -0.773. The van der Waals surface area contributed by atoms with Crippen LogP contribution < -0.4 is 10.2 Å². The van der Waals surface area contributed by atoms with Gasteiger partial charge in [0, 0.05) is 0 Å². The standard InChI is InChI=1S/C25H32N3O6P/c1-17(2)21-23(29)32-35(26-21,27-22(18(3)4)24(30)33-35)34-25(31)28(15-19-11-7-5-8-12-19)16-20-13-9-6-10-14-20/h5-14,17-18,21-22,26-27H,15-16H2,1-4H3. The second-order valence-electron chi connectivity index (χ2n) is 9.59. The fourth-order valence-corrected chi connectivity index (χ4v) is 7.66. The maximum absolute atomic E-state index is 13.7. The Morgan fingerprint density at radius 2 is 1.23 bits per heavy atom. The second kappa shape index (κ2) is 9.57.